The van der Waals surface area contributed by atoms with Crippen molar-refractivity contribution in [1.29, 1.82) is 5.26 Å². The minimum Gasteiger partial charge on any atom is -0.193 e. The van der Waals surface area contributed by atoms with Gasteiger partial charge in [-0.15, -0.1) is 0 Å². The van der Waals surface area contributed by atoms with E-state index in [0.29, 0.717) is 0 Å². The van der Waals surface area contributed by atoms with Crippen LogP contribution in [0.25, 0.3) is 0 Å². The van der Waals surface area contributed by atoms with Crippen molar-refractivity contribution >= 4 is 0 Å². The largest absolute Gasteiger partial charge is 0.193 e. The molecule has 0 radical (unpaired) electrons. The zero-order valence-corrected chi connectivity index (χ0v) is 4.33. The van der Waals surface area contributed by atoms with Gasteiger partial charge in [-0.1, -0.05) is 6.08 Å². The van der Waals surface area contributed by atoms with Crippen LogP contribution in [-0.4, -0.2) is 0 Å². The number of allylic oxidation sites excluding steroid dienone is 2. The minimum atomic E-state index is 0.755. The number of rotatable bonds is 0. The first-order valence-electron chi connectivity index (χ1n) is 3.05. The highest BCUT2D eigenvalue weighted by Gasteiger charge is 2.77. The lowest BCUT2D eigenvalue weighted by atomic mass is 10.1. The van der Waals surface area contributed by atoms with Crippen molar-refractivity contribution in [2.75, 3.05) is 0 Å². The second kappa shape index (κ2) is 0.647. The van der Waals surface area contributed by atoms with E-state index in [1.807, 2.05) is 0 Å². The normalized spacial score (nSPS) is 61.1. The summed E-state index contributed by atoms with van der Waals surface area (Å²) >= 11 is 0. The van der Waals surface area contributed by atoms with Crippen molar-refractivity contribution in [3.63, 3.8) is 0 Å². The van der Waals surface area contributed by atoms with Crippen molar-refractivity contribution < 1.29 is 0 Å². The first-order chi connectivity index (χ1) is 3.93. The maximum atomic E-state index is 8.46. The molecule has 1 heteroatoms. The maximum Gasteiger partial charge on any atom is 0.0947 e. The van der Waals surface area contributed by atoms with E-state index >= 15 is 0 Å². The van der Waals surface area contributed by atoms with Gasteiger partial charge in [0.1, 0.15) is 0 Å². The van der Waals surface area contributed by atoms with Crippen LogP contribution in [0.15, 0.2) is 11.6 Å². The molecule has 0 heterocycles. The SMILES string of the molecule is N#CC1=CC2C3C1C23. The fourth-order valence-corrected chi connectivity index (χ4v) is 2.14. The van der Waals surface area contributed by atoms with Gasteiger partial charge in [-0.3, -0.25) is 0 Å². The van der Waals surface area contributed by atoms with Gasteiger partial charge in [0.25, 0.3) is 0 Å². The Balaban J connectivity index is 2.13. The predicted molar refractivity (Wildman–Crippen MR) is 27.7 cm³/mol. The van der Waals surface area contributed by atoms with Crippen LogP contribution in [0.5, 0.6) is 0 Å². The average Bonchev–Trinajstić information content (AvgIpc) is 2.58. The smallest absolute Gasteiger partial charge is 0.0947 e. The Morgan fingerprint density at radius 1 is 1.50 bits per heavy atom. The molecule has 2 unspecified atom stereocenters. The van der Waals surface area contributed by atoms with Crippen LogP contribution in [0.3, 0.4) is 0 Å². The first kappa shape index (κ1) is 3.29. The molecule has 0 aromatic rings. The highest BCUT2D eigenvalue weighted by atomic mass is 14.8. The summed E-state index contributed by atoms with van der Waals surface area (Å²) in [5.41, 5.74) is 1.09. The van der Waals surface area contributed by atoms with Gasteiger partial charge in [-0.2, -0.15) is 5.26 Å². The molecule has 4 rings (SSSR count). The molecule has 38 valence electrons. The van der Waals surface area contributed by atoms with E-state index in [-0.39, 0.29) is 0 Å². The summed E-state index contributed by atoms with van der Waals surface area (Å²) in [6.07, 6.45) is 2.17. The topological polar surface area (TPSA) is 23.8 Å². The average molecular weight is 103 g/mol. The minimum absolute atomic E-state index is 0.755. The summed E-state index contributed by atoms with van der Waals surface area (Å²) in [7, 11) is 0. The molecule has 0 aliphatic heterocycles. The second-order valence-corrected chi connectivity index (χ2v) is 2.99. The molecule has 0 aromatic carbocycles. The van der Waals surface area contributed by atoms with E-state index in [0.717, 1.165) is 29.2 Å². The Morgan fingerprint density at radius 2 is 2.25 bits per heavy atom. The second-order valence-electron chi connectivity index (χ2n) is 2.99. The Bertz CT molecular complexity index is 223. The Labute approximate surface area is 47.6 Å². The lowest BCUT2D eigenvalue weighted by molar-refractivity contribution is 0.681. The fourth-order valence-electron chi connectivity index (χ4n) is 2.14. The molecule has 2 bridgehead atoms. The summed E-state index contributed by atoms with van der Waals surface area (Å²) in [6, 6.07) is 2.24. The maximum absolute atomic E-state index is 8.46. The summed E-state index contributed by atoms with van der Waals surface area (Å²) in [6.45, 7) is 0. The van der Waals surface area contributed by atoms with Crippen molar-refractivity contribution in [3.8, 4) is 6.07 Å². The molecule has 0 amide bonds. The van der Waals surface area contributed by atoms with Gasteiger partial charge < -0.3 is 0 Å². The van der Waals surface area contributed by atoms with Gasteiger partial charge >= 0.3 is 0 Å². The van der Waals surface area contributed by atoms with Gasteiger partial charge in [0.15, 0.2) is 0 Å². The van der Waals surface area contributed by atoms with E-state index in [2.05, 4.69) is 12.1 Å². The highest BCUT2D eigenvalue weighted by molar-refractivity contribution is 5.50. The van der Waals surface area contributed by atoms with Gasteiger partial charge in [0, 0.05) is 11.5 Å². The van der Waals surface area contributed by atoms with Gasteiger partial charge in [0.05, 0.1) is 6.07 Å². The standard InChI is InChI=1S/C7H5N/c8-2-3-1-4-6-5(3)7(4)6/h1,4-7H. The van der Waals surface area contributed by atoms with Crippen LogP contribution in [-0.2, 0) is 0 Å². The lowest BCUT2D eigenvalue weighted by Crippen LogP contribution is -1.85. The summed E-state index contributed by atoms with van der Waals surface area (Å²) in [4.78, 5) is 0. The monoisotopic (exact) mass is 103 g/mol. The molecule has 0 aromatic heterocycles. The molecule has 4 aliphatic carbocycles. The molecule has 0 saturated heterocycles. The molecule has 4 aliphatic rings. The third-order valence-corrected chi connectivity index (χ3v) is 2.74. The van der Waals surface area contributed by atoms with Crippen molar-refractivity contribution in [1.82, 2.24) is 0 Å². The van der Waals surface area contributed by atoms with Crippen LogP contribution in [0.2, 0.25) is 0 Å². The molecule has 2 fully saturated rings. The van der Waals surface area contributed by atoms with Crippen LogP contribution in [0.4, 0.5) is 0 Å². The molecule has 2 saturated carbocycles. The van der Waals surface area contributed by atoms with E-state index in [1.165, 1.54) is 0 Å². The molecule has 0 spiro atoms. The lowest BCUT2D eigenvalue weighted by Gasteiger charge is -1.88. The summed E-state index contributed by atoms with van der Waals surface area (Å²) < 4.78 is 0. The first-order valence-corrected chi connectivity index (χ1v) is 3.05. The summed E-state index contributed by atoms with van der Waals surface area (Å²) in [5.74, 6) is 3.55. The number of nitriles is 1. The molecule has 1 nitrogen and oxygen atoms in total. The van der Waals surface area contributed by atoms with Crippen LogP contribution >= 0.6 is 0 Å². The zero-order valence-electron chi connectivity index (χ0n) is 4.33. The fraction of sp³-hybridized carbons (Fsp3) is 0.571. The molecule has 2 atom stereocenters. The zero-order chi connectivity index (χ0) is 5.30. The molecular weight excluding hydrogens is 98.1 g/mol. The molecule has 0 N–H and O–H groups in total. The third kappa shape index (κ3) is 0.147. The molecule has 8 heavy (non-hydrogen) atoms. The van der Waals surface area contributed by atoms with Gasteiger partial charge in [0.2, 0.25) is 0 Å². The number of hydrogen-bond acceptors (Lipinski definition) is 1. The van der Waals surface area contributed by atoms with Gasteiger partial charge in [-0.25, -0.2) is 0 Å². The van der Waals surface area contributed by atoms with Gasteiger partial charge in [-0.05, 0) is 17.8 Å². The number of hydrogen-bond donors (Lipinski definition) is 0. The van der Waals surface area contributed by atoms with E-state index < -0.39 is 0 Å². The van der Waals surface area contributed by atoms with Crippen molar-refractivity contribution in [2.24, 2.45) is 23.7 Å². The third-order valence-electron chi connectivity index (χ3n) is 2.74. The highest BCUT2D eigenvalue weighted by Crippen LogP contribution is 2.80. The van der Waals surface area contributed by atoms with E-state index in [1.54, 1.807) is 0 Å². The van der Waals surface area contributed by atoms with Crippen molar-refractivity contribution in [2.45, 2.75) is 0 Å². The summed E-state index contributed by atoms with van der Waals surface area (Å²) in [5, 5.41) is 8.46. The van der Waals surface area contributed by atoms with Crippen LogP contribution < -0.4 is 0 Å². The predicted octanol–water partition coefficient (Wildman–Crippen LogP) is 0.942. The van der Waals surface area contributed by atoms with Crippen molar-refractivity contribution in [3.05, 3.63) is 11.6 Å². The van der Waals surface area contributed by atoms with E-state index in [9.17, 15) is 0 Å². The van der Waals surface area contributed by atoms with Crippen LogP contribution in [0.1, 0.15) is 0 Å². The quantitative estimate of drug-likeness (QED) is 0.447. The van der Waals surface area contributed by atoms with Crippen LogP contribution in [0, 0.1) is 35.0 Å². The molecular formula is C7H5N. The Hall–Kier alpha value is -0.770. The van der Waals surface area contributed by atoms with E-state index in [4.69, 9.17) is 5.26 Å². The Morgan fingerprint density at radius 3 is 2.50 bits per heavy atom. The Kier molecular flexibility index (Phi) is 0.266. The number of nitrogens with zero attached hydrogens (tertiary/aromatic N) is 1.